The maximum Gasteiger partial charge on any atom is 0.273 e. The maximum atomic E-state index is 12.4. The van der Waals surface area contributed by atoms with Crippen LogP contribution in [-0.4, -0.2) is 61.6 Å². The zero-order valence-corrected chi connectivity index (χ0v) is 16.7. The highest BCUT2D eigenvalue weighted by Gasteiger charge is 2.71. The zero-order valence-electron chi connectivity index (χ0n) is 16.7. The van der Waals surface area contributed by atoms with Gasteiger partial charge >= 0.3 is 0 Å². The standard InChI is InChI=1S/C21H24N6O3/c1-26-13-23-24-18(26)11-27-10-17(28)21(12-27)15(19(21)14-5-3-2-4-6-14)9-22-20(29)16-7-8-30-25-16/h2-8,13,15,17,19,28H,9-12H2,1H3,(H,22,29)/t15-,17-,19-,21-/m1/s1. The van der Waals surface area contributed by atoms with Crippen LogP contribution in [0.1, 0.15) is 27.8 Å². The van der Waals surface area contributed by atoms with Gasteiger partial charge in [0.05, 0.1) is 12.6 Å². The Bertz CT molecular complexity index is 1020. The Labute approximate surface area is 173 Å². The van der Waals surface area contributed by atoms with Crippen LogP contribution >= 0.6 is 0 Å². The minimum atomic E-state index is -0.482. The van der Waals surface area contributed by atoms with E-state index in [9.17, 15) is 9.90 Å². The molecule has 1 saturated carbocycles. The summed E-state index contributed by atoms with van der Waals surface area (Å²) >= 11 is 0. The molecule has 5 rings (SSSR count). The van der Waals surface area contributed by atoms with Crippen LogP contribution in [0.25, 0.3) is 0 Å². The van der Waals surface area contributed by atoms with Gasteiger partial charge in [-0.25, -0.2) is 0 Å². The Balaban J connectivity index is 1.35. The Morgan fingerprint density at radius 2 is 2.17 bits per heavy atom. The zero-order chi connectivity index (χ0) is 20.7. The molecular weight excluding hydrogens is 384 g/mol. The van der Waals surface area contributed by atoms with Crippen molar-refractivity contribution in [3.8, 4) is 0 Å². The van der Waals surface area contributed by atoms with Gasteiger partial charge in [0.15, 0.2) is 5.69 Å². The van der Waals surface area contributed by atoms with E-state index >= 15 is 0 Å². The maximum absolute atomic E-state index is 12.4. The van der Waals surface area contributed by atoms with Crippen molar-refractivity contribution in [2.24, 2.45) is 18.4 Å². The van der Waals surface area contributed by atoms with E-state index in [1.54, 1.807) is 12.4 Å². The lowest BCUT2D eigenvalue weighted by atomic mass is 9.95. The summed E-state index contributed by atoms with van der Waals surface area (Å²) in [7, 11) is 1.92. The summed E-state index contributed by atoms with van der Waals surface area (Å²) in [5.74, 6) is 0.916. The summed E-state index contributed by atoms with van der Waals surface area (Å²) in [4.78, 5) is 14.6. The molecule has 1 amide bonds. The number of aliphatic hydroxyl groups excluding tert-OH is 1. The number of nitrogens with one attached hydrogen (secondary N) is 1. The second-order valence-electron chi connectivity index (χ2n) is 8.25. The molecule has 2 aromatic heterocycles. The number of likely N-dealkylation sites (tertiary alicyclic amines) is 1. The quantitative estimate of drug-likeness (QED) is 0.621. The molecule has 3 heterocycles. The van der Waals surface area contributed by atoms with Crippen molar-refractivity contribution in [2.45, 2.75) is 18.6 Å². The summed E-state index contributed by atoms with van der Waals surface area (Å²) in [6.07, 6.45) is 2.58. The first-order valence-electron chi connectivity index (χ1n) is 10.1. The van der Waals surface area contributed by atoms with Gasteiger partial charge in [0, 0.05) is 38.2 Å². The summed E-state index contributed by atoms with van der Waals surface area (Å²) in [6, 6.07) is 11.8. The van der Waals surface area contributed by atoms with Gasteiger partial charge in [0.2, 0.25) is 0 Å². The Morgan fingerprint density at radius 1 is 1.33 bits per heavy atom. The van der Waals surface area contributed by atoms with Crippen LogP contribution in [0, 0.1) is 11.3 Å². The first kappa shape index (κ1) is 19.0. The first-order valence-corrected chi connectivity index (χ1v) is 10.1. The molecule has 1 aliphatic heterocycles. The van der Waals surface area contributed by atoms with Gasteiger partial charge in [-0.05, 0) is 17.4 Å². The average Bonchev–Trinajstić information content (AvgIpc) is 3.19. The number of β-amino-alcohol motifs (C(OH)–C–C–N with tert-alkyl or cyclic N) is 1. The van der Waals surface area contributed by atoms with Crippen molar-refractivity contribution >= 4 is 5.91 Å². The van der Waals surface area contributed by atoms with E-state index in [4.69, 9.17) is 4.52 Å². The number of aliphatic hydroxyl groups is 1. The molecule has 1 spiro atoms. The molecule has 156 valence electrons. The van der Waals surface area contributed by atoms with Gasteiger partial charge in [0.25, 0.3) is 5.91 Å². The fourth-order valence-electron chi connectivity index (χ4n) is 5.09. The Hall–Kier alpha value is -3.04. The molecule has 1 aliphatic carbocycles. The smallest absolute Gasteiger partial charge is 0.273 e. The van der Waals surface area contributed by atoms with Gasteiger partial charge in [-0.2, -0.15) is 0 Å². The molecular formula is C21H24N6O3. The molecule has 9 heteroatoms. The largest absolute Gasteiger partial charge is 0.391 e. The van der Waals surface area contributed by atoms with Crippen LogP contribution in [0.5, 0.6) is 0 Å². The number of amides is 1. The number of nitrogens with zero attached hydrogens (tertiary/aromatic N) is 5. The van der Waals surface area contributed by atoms with Crippen LogP contribution in [0.4, 0.5) is 0 Å². The van der Waals surface area contributed by atoms with Crippen molar-refractivity contribution in [1.29, 1.82) is 0 Å². The van der Waals surface area contributed by atoms with E-state index in [1.165, 1.54) is 11.8 Å². The molecule has 2 N–H and O–H groups in total. The fraction of sp³-hybridized carbons (Fsp3) is 0.429. The van der Waals surface area contributed by atoms with E-state index < -0.39 is 6.10 Å². The Kier molecular flexibility index (Phi) is 4.63. The van der Waals surface area contributed by atoms with Crippen molar-refractivity contribution in [1.82, 2.24) is 30.1 Å². The predicted octanol–water partition coefficient (Wildman–Crippen LogP) is 0.810. The second-order valence-corrected chi connectivity index (χ2v) is 8.25. The summed E-state index contributed by atoms with van der Waals surface area (Å²) < 4.78 is 6.66. The van der Waals surface area contributed by atoms with E-state index in [0.29, 0.717) is 19.6 Å². The van der Waals surface area contributed by atoms with Crippen molar-refractivity contribution < 1.29 is 14.4 Å². The molecule has 0 bridgehead atoms. The predicted molar refractivity (Wildman–Crippen MR) is 106 cm³/mol. The van der Waals surface area contributed by atoms with E-state index in [-0.39, 0.29) is 28.9 Å². The fourth-order valence-corrected chi connectivity index (χ4v) is 5.09. The summed E-state index contributed by atoms with van der Waals surface area (Å²) in [5.41, 5.74) is 1.16. The third-order valence-electron chi connectivity index (χ3n) is 6.59. The number of carbonyl (C=O) groups is 1. The first-order chi connectivity index (χ1) is 14.6. The van der Waals surface area contributed by atoms with E-state index in [0.717, 1.165) is 12.4 Å². The topological polar surface area (TPSA) is 109 Å². The molecule has 0 radical (unpaired) electrons. The van der Waals surface area contributed by atoms with E-state index in [2.05, 4.69) is 37.7 Å². The number of carbonyl (C=O) groups excluding carboxylic acids is 1. The summed E-state index contributed by atoms with van der Waals surface area (Å²) in [5, 5.41) is 25.9. The molecule has 0 unspecified atom stereocenters. The molecule has 3 aromatic rings. The minimum absolute atomic E-state index is 0.134. The van der Waals surface area contributed by atoms with Crippen LogP contribution in [0.3, 0.4) is 0 Å². The number of rotatable bonds is 6. The third kappa shape index (κ3) is 3.10. The van der Waals surface area contributed by atoms with Gasteiger partial charge in [0.1, 0.15) is 18.4 Å². The molecule has 30 heavy (non-hydrogen) atoms. The second kappa shape index (κ2) is 7.33. The molecule has 4 atom stereocenters. The third-order valence-corrected chi connectivity index (χ3v) is 6.59. The summed E-state index contributed by atoms with van der Waals surface area (Å²) in [6.45, 7) is 2.42. The van der Waals surface area contributed by atoms with Crippen LogP contribution in [-0.2, 0) is 13.6 Å². The normalized spacial score (nSPS) is 28.1. The van der Waals surface area contributed by atoms with Gasteiger partial charge < -0.3 is 19.5 Å². The molecule has 1 aromatic carbocycles. The van der Waals surface area contributed by atoms with Crippen molar-refractivity contribution in [3.05, 3.63) is 66.1 Å². The molecule has 1 saturated heterocycles. The number of hydrogen-bond acceptors (Lipinski definition) is 7. The highest BCUT2D eigenvalue weighted by atomic mass is 16.5. The Morgan fingerprint density at radius 3 is 2.87 bits per heavy atom. The van der Waals surface area contributed by atoms with Gasteiger partial charge in [-0.1, -0.05) is 35.5 Å². The number of benzene rings is 1. The highest BCUT2D eigenvalue weighted by molar-refractivity contribution is 5.92. The number of aryl methyl sites for hydroxylation is 1. The SMILES string of the molecule is Cn1cnnc1CN1C[C@@H](O)[C@@]2(C1)[C@H](CNC(=O)c1ccon1)[C@H]2c1ccccc1. The number of aromatic nitrogens is 4. The van der Waals surface area contributed by atoms with Crippen molar-refractivity contribution in [3.63, 3.8) is 0 Å². The lowest BCUT2D eigenvalue weighted by Gasteiger charge is -2.16. The molecule has 2 fully saturated rings. The monoisotopic (exact) mass is 408 g/mol. The van der Waals surface area contributed by atoms with Crippen LogP contribution < -0.4 is 5.32 Å². The number of hydrogen-bond donors (Lipinski definition) is 2. The lowest BCUT2D eigenvalue weighted by Crippen LogP contribution is -2.30. The van der Waals surface area contributed by atoms with Gasteiger partial charge in [-0.3, -0.25) is 9.69 Å². The highest BCUT2D eigenvalue weighted by Crippen LogP contribution is 2.68. The van der Waals surface area contributed by atoms with Crippen LogP contribution in [0.2, 0.25) is 0 Å². The van der Waals surface area contributed by atoms with Gasteiger partial charge in [-0.15, -0.1) is 10.2 Å². The van der Waals surface area contributed by atoms with Crippen molar-refractivity contribution in [2.75, 3.05) is 19.6 Å². The minimum Gasteiger partial charge on any atom is -0.391 e. The average molecular weight is 408 g/mol. The molecule has 9 nitrogen and oxygen atoms in total. The van der Waals surface area contributed by atoms with E-state index in [1.807, 2.05) is 29.8 Å². The molecule has 2 aliphatic rings. The van der Waals surface area contributed by atoms with Crippen LogP contribution in [0.15, 0.2) is 53.5 Å². The lowest BCUT2D eigenvalue weighted by molar-refractivity contribution is 0.0930.